The molecule has 0 saturated heterocycles. The quantitative estimate of drug-likeness (QED) is 0.801. The third-order valence-corrected chi connectivity index (χ3v) is 6.02. The second-order valence-corrected chi connectivity index (χ2v) is 7.20. The van der Waals surface area contributed by atoms with Gasteiger partial charge in [-0.25, -0.2) is 0 Å². The predicted molar refractivity (Wildman–Crippen MR) is 84.1 cm³/mol. The fraction of sp³-hybridized carbons (Fsp3) is 0.684. The fourth-order valence-electron chi connectivity index (χ4n) is 4.99. The molecule has 1 aromatic rings. The maximum atomic E-state index is 9.74. The van der Waals surface area contributed by atoms with Gasteiger partial charge >= 0.3 is 0 Å². The topological polar surface area (TPSA) is 20.2 Å². The van der Waals surface area contributed by atoms with Crippen molar-refractivity contribution in [1.29, 1.82) is 0 Å². The number of aryl methyl sites for hydroxylation is 1. The third kappa shape index (κ3) is 2.25. The van der Waals surface area contributed by atoms with E-state index in [-0.39, 0.29) is 0 Å². The van der Waals surface area contributed by atoms with Crippen LogP contribution in [0.5, 0.6) is 5.75 Å². The van der Waals surface area contributed by atoms with E-state index >= 15 is 0 Å². The van der Waals surface area contributed by atoms with Crippen LogP contribution in [0.2, 0.25) is 0 Å². The van der Waals surface area contributed by atoms with Gasteiger partial charge in [-0.15, -0.1) is 0 Å². The van der Waals surface area contributed by atoms with Crippen molar-refractivity contribution in [2.45, 2.75) is 70.6 Å². The Balaban J connectivity index is 1.92. The van der Waals surface area contributed by atoms with E-state index in [0.29, 0.717) is 11.2 Å². The summed E-state index contributed by atoms with van der Waals surface area (Å²) in [5, 5.41) is 9.74. The molecule has 0 aliphatic heterocycles. The fourth-order valence-corrected chi connectivity index (χ4v) is 4.99. The molecule has 110 valence electrons. The van der Waals surface area contributed by atoms with Gasteiger partial charge in [-0.2, -0.15) is 0 Å². The molecule has 0 heterocycles. The SMILES string of the molecule is CCCC[C@@H]1CCC[C@@]2(C)c3ccc(O)cc3CC[C@H]12. The molecule has 1 N–H and O–H groups in total. The summed E-state index contributed by atoms with van der Waals surface area (Å²) in [5.74, 6) is 2.22. The van der Waals surface area contributed by atoms with Gasteiger partial charge in [-0.3, -0.25) is 0 Å². The van der Waals surface area contributed by atoms with Crippen molar-refractivity contribution in [1.82, 2.24) is 0 Å². The maximum absolute atomic E-state index is 9.74. The summed E-state index contributed by atoms with van der Waals surface area (Å²) in [7, 11) is 0. The highest BCUT2D eigenvalue weighted by Gasteiger charge is 2.45. The van der Waals surface area contributed by atoms with Gasteiger partial charge in [0.05, 0.1) is 0 Å². The van der Waals surface area contributed by atoms with Gasteiger partial charge in [0.2, 0.25) is 0 Å². The van der Waals surface area contributed by atoms with Crippen LogP contribution in [0.15, 0.2) is 18.2 Å². The van der Waals surface area contributed by atoms with E-state index in [2.05, 4.69) is 19.9 Å². The van der Waals surface area contributed by atoms with Crippen LogP contribution in [0.1, 0.15) is 69.9 Å². The lowest BCUT2D eigenvalue weighted by Crippen LogP contribution is -2.44. The molecular weight excluding hydrogens is 244 g/mol. The summed E-state index contributed by atoms with van der Waals surface area (Å²) in [6, 6.07) is 6.10. The zero-order valence-electron chi connectivity index (χ0n) is 13.0. The molecule has 1 heteroatoms. The van der Waals surface area contributed by atoms with Crippen molar-refractivity contribution in [3.8, 4) is 5.75 Å². The minimum Gasteiger partial charge on any atom is -0.508 e. The smallest absolute Gasteiger partial charge is 0.115 e. The molecule has 0 amide bonds. The number of hydrogen-bond donors (Lipinski definition) is 1. The highest BCUT2D eigenvalue weighted by atomic mass is 16.3. The van der Waals surface area contributed by atoms with Gasteiger partial charge < -0.3 is 5.11 Å². The van der Waals surface area contributed by atoms with Crippen LogP contribution in [0.3, 0.4) is 0 Å². The van der Waals surface area contributed by atoms with Gasteiger partial charge in [0.15, 0.2) is 0 Å². The lowest BCUT2D eigenvalue weighted by Gasteiger charge is -2.50. The number of rotatable bonds is 3. The van der Waals surface area contributed by atoms with Crippen molar-refractivity contribution in [3.05, 3.63) is 29.3 Å². The summed E-state index contributed by atoms with van der Waals surface area (Å²) in [6.07, 6.45) is 10.8. The summed E-state index contributed by atoms with van der Waals surface area (Å²) in [6.45, 7) is 4.80. The zero-order valence-corrected chi connectivity index (χ0v) is 13.0. The first kappa shape index (κ1) is 14.0. The number of benzene rings is 1. The first-order valence-corrected chi connectivity index (χ1v) is 8.47. The molecule has 3 atom stereocenters. The summed E-state index contributed by atoms with van der Waals surface area (Å²) >= 11 is 0. The van der Waals surface area contributed by atoms with Crippen LogP contribution in [-0.2, 0) is 11.8 Å². The normalized spacial score (nSPS) is 32.5. The Morgan fingerprint density at radius 3 is 2.95 bits per heavy atom. The van der Waals surface area contributed by atoms with Crippen molar-refractivity contribution < 1.29 is 5.11 Å². The van der Waals surface area contributed by atoms with Gasteiger partial charge in [0.25, 0.3) is 0 Å². The standard InChI is InChI=1S/C19H28O/c1-3-4-6-14-7-5-12-19(2)17(14)10-8-15-13-16(20)9-11-18(15)19/h9,11,13-14,17,20H,3-8,10,12H2,1-2H3/t14-,17-,19-/m1/s1. The zero-order chi connectivity index (χ0) is 14.2. The predicted octanol–water partition coefficient (Wildman–Crippen LogP) is 5.20. The van der Waals surface area contributed by atoms with E-state index in [4.69, 9.17) is 0 Å². The van der Waals surface area contributed by atoms with E-state index in [1.807, 2.05) is 12.1 Å². The average molecular weight is 272 g/mol. The van der Waals surface area contributed by atoms with E-state index in [1.54, 1.807) is 0 Å². The molecule has 2 aliphatic carbocycles. The highest BCUT2D eigenvalue weighted by molar-refractivity contribution is 5.42. The van der Waals surface area contributed by atoms with Crippen molar-refractivity contribution in [2.24, 2.45) is 11.8 Å². The Morgan fingerprint density at radius 2 is 2.15 bits per heavy atom. The van der Waals surface area contributed by atoms with Crippen molar-refractivity contribution in [3.63, 3.8) is 0 Å². The van der Waals surface area contributed by atoms with Gasteiger partial charge in [0, 0.05) is 0 Å². The van der Waals surface area contributed by atoms with Crippen molar-refractivity contribution in [2.75, 3.05) is 0 Å². The van der Waals surface area contributed by atoms with Gasteiger partial charge in [-0.1, -0.05) is 52.0 Å². The van der Waals surface area contributed by atoms with E-state index < -0.39 is 0 Å². The molecule has 0 unspecified atom stereocenters. The molecule has 20 heavy (non-hydrogen) atoms. The van der Waals surface area contributed by atoms with Crippen molar-refractivity contribution >= 4 is 0 Å². The van der Waals surface area contributed by atoms with Gasteiger partial charge in [-0.05, 0) is 59.8 Å². The first-order chi connectivity index (χ1) is 9.65. The Morgan fingerprint density at radius 1 is 1.30 bits per heavy atom. The molecule has 2 aliphatic rings. The lowest BCUT2D eigenvalue weighted by molar-refractivity contribution is 0.0986. The molecule has 0 spiro atoms. The Kier molecular flexibility index (Phi) is 3.79. The Bertz CT molecular complexity index is 479. The summed E-state index contributed by atoms with van der Waals surface area (Å²) in [4.78, 5) is 0. The Hall–Kier alpha value is -0.980. The van der Waals surface area contributed by atoms with E-state index in [0.717, 1.165) is 18.3 Å². The molecule has 0 bridgehead atoms. The molecule has 1 nitrogen and oxygen atoms in total. The number of phenolic OH excluding ortho intramolecular Hbond substituents is 1. The minimum atomic E-state index is 0.359. The van der Waals surface area contributed by atoms with E-state index in [9.17, 15) is 5.11 Å². The highest BCUT2D eigenvalue weighted by Crippen LogP contribution is 2.53. The van der Waals surface area contributed by atoms with E-state index in [1.165, 1.54) is 56.1 Å². The number of aromatic hydroxyl groups is 1. The second kappa shape index (κ2) is 5.42. The summed E-state index contributed by atoms with van der Waals surface area (Å²) in [5.41, 5.74) is 3.30. The largest absolute Gasteiger partial charge is 0.508 e. The van der Waals surface area contributed by atoms with Crippen LogP contribution in [0.4, 0.5) is 0 Å². The van der Waals surface area contributed by atoms with Crippen LogP contribution in [-0.4, -0.2) is 5.11 Å². The number of phenols is 1. The van der Waals surface area contributed by atoms with Crippen LogP contribution in [0.25, 0.3) is 0 Å². The monoisotopic (exact) mass is 272 g/mol. The first-order valence-electron chi connectivity index (χ1n) is 8.47. The lowest BCUT2D eigenvalue weighted by atomic mass is 9.54. The van der Waals surface area contributed by atoms with Gasteiger partial charge in [0.1, 0.15) is 5.75 Å². The molecule has 1 aromatic carbocycles. The van der Waals surface area contributed by atoms with Crippen LogP contribution < -0.4 is 0 Å². The Labute approximate surface area is 123 Å². The maximum Gasteiger partial charge on any atom is 0.115 e. The molecule has 1 fully saturated rings. The molecular formula is C19H28O. The number of hydrogen-bond acceptors (Lipinski definition) is 1. The van der Waals surface area contributed by atoms with Crippen LogP contribution >= 0.6 is 0 Å². The molecule has 0 aromatic heterocycles. The minimum absolute atomic E-state index is 0.359. The second-order valence-electron chi connectivity index (χ2n) is 7.20. The number of unbranched alkanes of at least 4 members (excludes halogenated alkanes) is 1. The number of fused-ring (bicyclic) bond motifs is 3. The van der Waals surface area contributed by atoms with Crippen LogP contribution in [0, 0.1) is 11.8 Å². The molecule has 0 radical (unpaired) electrons. The molecule has 1 saturated carbocycles. The third-order valence-electron chi connectivity index (χ3n) is 6.02. The average Bonchev–Trinajstić information content (AvgIpc) is 2.44. The summed E-state index contributed by atoms with van der Waals surface area (Å²) < 4.78 is 0. The molecule has 3 rings (SSSR count).